The van der Waals surface area contributed by atoms with Gasteiger partial charge >= 0.3 is 0 Å². The third kappa shape index (κ3) is 5.93. The van der Waals surface area contributed by atoms with Gasteiger partial charge in [0, 0.05) is 10.9 Å². The standard InChI is InChI=1S/C8H10Cl2/c1-7(2)3-4-8(10)5-6-9/h3-5H,1,6H2,2H3/b4-3-,8-5+. The minimum atomic E-state index is 0.444. The maximum Gasteiger partial charge on any atom is 0.0421 e. The third-order valence-electron chi connectivity index (χ3n) is 0.799. The lowest BCUT2D eigenvalue weighted by atomic mass is 10.3. The maximum absolute atomic E-state index is 5.67. The van der Waals surface area contributed by atoms with Crippen LogP contribution in [0.15, 0.2) is 35.4 Å². The van der Waals surface area contributed by atoms with Crippen molar-refractivity contribution < 1.29 is 0 Å². The van der Waals surface area contributed by atoms with E-state index >= 15 is 0 Å². The van der Waals surface area contributed by atoms with Crippen LogP contribution in [0.25, 0.3) is 0 Å². The zero-order valence-corrected chi connectivity index (χ0v) is 7.41. The van der Waals surface area contributed by atoms with Gasteiger partial charge < -0.3 is 0 Å². The molecule has 0 fully saturated rings. The van der Waals surface area contributed by atoms with Crippen LogP contribution in [-0.2, 0) is 0 Å². The largest absolute Gasteiger partial charge is 0.122 e. The van der Waals surface area contributed by atoms with Gasteiger partial charge in [0.15, 0.2) is 0 Å². The van der Waals surface area contributed by atoms with Crippen molar-refractivity contribution in [3.63, 3.8) is 0 Å². The number of alkyl halides is 1. The van der Waals surface area contributed by atoms with Crippen LogP contribution in [0.4, 0.5) is 0 Å². The Morgan fingerprint density at radius 3 is 2.50 bits per heavy atom. The molecule has 0 spiro atoms. The molecule has 0 bridgehead atoms. The molecule has 0 heterocycles. The molecule has 0 N–H and O–H groups in total. The van der Waals surface area contributed by atoms with Crippen molar-refractivity contribution in [1.29, 1.82) is 0 Å². The van der Waals surface area contributed by atoms with E-state index in [9.17, 15) is 0 Å². The average molecular weight is 177 g/mol. The van der Waals surface area contributed by atoms with Gasteiger partial charge in [-0.25, -0.2) is 0 Å². The molecule has 0 aromatic rings. The van der Waals surface area contributed by atoms with E-state index in [1.807, 2.05) is 13.0 Å². The second-order valence-electron chi connectivity index (χ2n) is 1.92. The maximum atomic E-state index is 5.67. The zero-order chi connectivity index (χ0) is 7.98. The molecule has 0 aliphatic heterocycles. The van der Waals surface area contributed by atoms with Crippen molar-refractivity contribution in [2.75, 3.05) is 5.88 Å². The van der Waals surface area contributed by atoms with E-state index in [0.717, 1.165) is 5.57 Å². The Morgan fingerprint density at radius 1 is 1.50 bits per heavy atom. The fraction of sp³-hybridized carbons (Fsp3) is 0.250. The molecule has 0 rings (SSSR count). The number of hydrogen-bond acceptors (Lipinski definition) is 0. The molecule has 10 heavy (non-hydrogen) atoms. The van der Waals surface area contributed by atoms with Crippen molar-refractivity contribution in [3.05, 3.63) is 35.4 Å². The van der Waals surface area contributed by atoms with Crippen LogP contribution in [-0.4, -0.2) is 5.88 Å². The van der Waals surface area contributed by atoms with Gasteiger partial charge in [-0.2, -0.15) is 0 Å². The van der Waals surface area contributed by atoms with Gasteiger partial charge in [0.05, 0.1) is 0 Å². The Bertz CT molecular complexity index is 166. The van der Waals surface area contributed by atoms with Gasteiger partial charge in [0.2, 0.25) is 0 Å². The first kappa shape index (κ1) is 9.80. The van der Waals surface area contributed by atoms with Crippen LogP contribution in [0, 0.1) is 0 Å². The van der Waals surface area contributed by atoms with Crippen molar-refractivity contribution in [1.82, 2.24) is 0 Å². The van der Waals surface area contributed by atoms with Crippen LogP contribution in [0.3, 0.4) is 0 Å². The molecule has 0 unspecified atom stereocenters. The number of allylic oxidation sites excluding steroid dienone is 5. The predicted molar refractivity (Wildman–Crippen MR) is 48.6 cm³/mol. The SMILES string of the molecule is C=C(C)/C=C\C(Cl)=C/CCl. The molecule has 2 heteroatoms. The second-order valence-corrected chi connectivity index (χ2v) is 2.67. The molecular formula is C8H10Cl2. The highest BCUT2D eigenvalue weighted by Gasteiger charge is 1.81. The van der Waals surface area contributed by atoms with E-state index in [-0.39, 0.29) is 0 Å². The van der Waals surface area contributed by atoms with E-state index in [2.05, 4.69) is 6.58 Å². The molecule has 0 atom stereocenters. The lowest BCUT2D eigenvalue weighted by Gasteiger charge is -1.86. The minimum Gasteiger partial charge on any atom is -0.122 e. The molecule has 0 saturated carbocycles. The highest BCUT2D eigenvalue weighted by molar-refractivity contribution is 6.31. The van der Waals surface area contributed by atoms with Crippen LogP contribution in [0.5, 0.6) is 0 Å². The topological polar surface area (TPSA) is 0 Å². The molecule has 0 aromatic carbocycles. The summed E-state index contributed by atoms with van der Waals surface area (Å²) >= 11 is 11.1. The van der Waals surface area contributed by atoms with Crippen LogP contribution >= 0.6 is 23.2 Å². The average Bonchev–Trinajstić information content (AvgIpc) is 1.85. The first-order valence-corrected chi connectivity index (χ1v) is 3.83. The lowest BCUT2D eigenvalue weighted by molar-refractivity contribution is 1.55. The Balaban J connectivity index is 3.89. The highest BCUT2D eigenvalue weighted by Crippen LogP contribution is 2.04. The van der Waals surface area contributed by atoms with Gasteiger partial charge in [-0.1, -0.05) is 35.9 Å². The monoisotopic (exact) mass is 176 g/mol. The number of rotatable bonds is 3. The Hall–Kier alpha value is -0.200. The molecule has 0 aliphatic rings. The van der Waals surface area contributed by atoms with Crippen LogP contribution in [0.2, 0.25) is 0 Å². The highest BCUT2D eigenvalue weighted by atomic mass is 35.5. The lowest BCUT2D eigenvalue weighted by Crippen LogP contribution is -1.67. The fourth-order valence-electron chi connectivity index (χ4n) is 0.364. The van der Waals surface area contributed by atoms with E-state index in [0.29, 0.717) is 10.9 Å². The van der Waals surface area contributed by atoms with Gasteiger partial charge in [0.1, 0.15) is 0 Å². The smallest absolute Gasteiger partial charge is 0.0421 e. The first-order chi connectivity index (χ1) is 4.66. The van der Waals surface area contributed by atoms with Gasteiger partial charge in [0.25, 0.3) is 0 Å². The molecule has 0 saturated heterocycles. The summed E-state index contributed by atoms with van der Waals surface area (Å²) in [6.07, 6.45) is 5.33. The number of halogens is 2. The quantitative estimate of drug-likeness (QED) is 0.457. The van der Waals surface area contributed by atoms with Crippen molar-refractivity contribution in [2.24, 2.45) is 0 Å². The van der Waals surface area contributed by atoms with E-state index in [1.165, 1.54) is 0 Å². The van der Waals surface area contributed by atoms with Crippen molar-refractivity contribution >= 4 is 23.2 Å². The second kappa shape index (κ2) is 5.57. The Kier molecular flexibility index (Phi) is 5.46. The van der Waals surface area contributed by atoms with E-state index < -0.39 is 0 Å². The third-order valence-corrected chi connectivity index (χ3v) is 1.23. The molecule has 0 nitrogen and oxygen atoms in total. The molecular weight excluding hydrogens is 167 g/mol. The van der Waals surface area contributed by atoms with Gasteiger partial charge in [-0.15, -0.1) is 11.6 Å². The molecule has 0 amide bonds. The summed E-state index contributed by atoms with van der Waals surface area (Å²) in [6.45, 7) is 5.59. The summed E-state index contributed by atoms with van der Waals surface area (Å²) in [6, 6.07) is 0. The Labute approximate surface area is 71.8 Å². The van der Waals surface area contributed by atoms with Crippen molar-refractivity contribution in [3.8, 4) is 0 Å². The summed E-state index contributed by atoms with van der Waals surface area (Å²) in [5.41, 5.74) is 0.973. The van der Waals surface area contributed by atoms with Crippen LogP contribution < -0.4 is 0 Å². The molecule has 0 aliphatic carbocycles. The first-order valence-electron chi connectivity index (χ1n) is 2.92. The van der Waals surface area contributed by atoms with Gasteiger partial charge in [-0.05, 0) is 13.0 Å². The summed E-state index contributed by atoms with van der Waals surface area (Å²) in [5.74, 6) is 0.444. The molecule has 0 aromatic heterocycles. The Morgan fingerprint density at radius 2 is 2.10 bits per heavy atom. The van der Waals surface area contributed by atoms with E-state index in [4.69, 9.17) is 23.2 Å². The molecule has 56 valence electrons. The van der Waals surface area contributed by atoms with E-state index in [1.54, 1.807) is 12.2 Å². The van der Waals surface area contributed by atoms with Gasteiger partial charge in [-0.3, -0.25) is 0 Å². The normalized spacial score (nSPS) is 12.5. The zero-order valence-electron chi connectivity index (χ0n) is 5.90. The summed E-state index contributed by atoms with van der Waals surface area (Å²) < 4.78 is 0. The minimum absolute atomic E-state index is 0.444. The fourth-order valence-corrected chi connectivity index (χ4v) is 0.749. The summed E-state index contributed by atoms with van der Waals surface area (Å²) in [4.78, 5) is 0. The summed E-state index contributed by atoms with van der Waals surface area (Å²) in [5, 5.41) is 0.651. The van der Waals surface area contributed by atoms with Crippen LogP contribution in [0.1, 0.15) is 6.92 Å². The summed E-state index contributed by atoms with van der Waals surface area (Å²) in [7, 11) is 0. The molecule has 0 radical (unpaired) electrons. The number of hydrogen-bond donors (Lipinski definition) is 0. The van der Waals surface area contributed by atoms with Crippen molar-refractivity contribution in [2.45, 2.75) is 6.92 Å². The predicted octanol–water partition coefficient (Wildman–Crippen LogP) is 3.48.